The zero-order valence-corrected chi connectivity index (χ0v) is 19.4. The monoisotopic (exact) mass is 446 g/mol. The lowest BCUT2D eigenvalue weighted by atomic mass is 9.88. The summed E-state index contributed by atoms with van der Waals surface area (Å²) in [5.74, 6) is 1.30. The average molecular weight is 447 g/mol. The van der Waals surface area contributed by atoms with Gasteiger partial charge in [0.05, 0.1) is 14.2 Å². The second-order valence-corrected chi connectivity index (χ2v) is 8.50. The normalized spacial score (nSPS) is 12.7. The smallest absolute Gasteiger partial charge is 0.253 e. The fraction of sp³-hybridized carbons (Fsp3) is 0.333. The van der Waals surface area contributed by atoms with E-state index in [2.05, 4.69) is 10.3 Å². The fourth-order valence-electron chi connectivity index (χ4n) is 4.55. The van der Waals surface area contributed by atoms with Crippen LogP contribution in [0.15, 0.2) is 47.3 Å². The number of H-pyrrole nitrogens is 1. The van der Waals surface area contributed by atoms with Crippen LogP contribution in [0, 0.1) is 6.92 Å². The second-order valence-electron chi connectivity index (χ2n) is 8.50. The van der Waals surface area contributed by atoms with Crippen molar-refractivity contribution in [3.8, 4) is 11.5 Å². The number of carbonyl (C=O) groups is 1. The zero-order chi connectivity index (χ0) is 23.4. The van der Waals surface area contributed by atoms with E-state index in [1.807, 2.05) is 49.4 Å². The van der Waals surface area contributed by atoms with Crippen molar-refractivity contribution in [2.75, 3.05) is 14.2 Å². The molecule has 6 heteroatoms. The molecule has 2 aromatic carbocycles. The van der Waals surface area contributed by atoms with Gasteiger partial charge in [0.25, 0.3) is 11.5 Å². The number of aromatic amines is 1. The third-order valence-electron chi connectivity index (χ3n) is 6.32. The molecule has 172 valence electrons. The molecule has 2 N–H and O–H groups in total. The van der Waals surface area contributed by atoms with Gasteiger partial charge < -0.3 is 19.8 Å². The first-order chi connectivity index (χ1) is 16.0. The number of hydrogen-bond donors (Lipinski definition) is 2. The van der Waals surface area contributed by atoms with E-state index in [1.165, 1.54) is 5.56 Å². The summed E-state index contributed by atoms with van der Waals surface area (Å²) in [6, 6.07) is 13.3. The van der Waals surface area contributed by atoms with Crippen molar-refractivity contribution in [2.24, 2.45) is 0 Å². The number of ether oxygens (including phenoxy) is 2. The Kier molecular flexibility index (Phi) is 6.82. The molecule has 0 saturated heterocycles. The Morgan fingerprint density at radius 1 is 0.939 bits per heavy atom. The molecule has 1 heterocycles. The van der Waals surface area contributed by atoms with Gasteiger partial charge in [0.15, 0.2) is 0 Å². The van der Waals surface area contributed by atoms with Gasteiger partial charge in [-0.3, -0.25) is 9.59 Å². The van der Waals surface area contributed by atoms with Crippen molar-refractivity contribution in [1.82, 2.24) is 10.3 Å². The van der Waals surface area contributed by atoms with Crippen LogP contribution >= 0.6 is 0 Å². The Morgan fingerprint density at radius 2 is 1.58 bits per heavy atom. The number of aryl methyl sites for hydroxylation is 1. The minimum Gasteiger partial charge on any atom is -0.497 e. The first-order valence-electron chi connectivity index (χ1n) is 11.3. The Balaban J connectivity index is 1.44. The van der Waals surface area contributed by atoms with Crippen molar-refractivity contribution < 1.29 is 14.3 Å². The molecule has 1 aliphatic rings. The highest BCUT2D eigenvalue weighted by molar-refractivity contribution is 5.94. The molecule has 1 aromatic heterocycles. The van der Waals surface area contributed by atoms with Gasteiger partial charge in [0.2, 0.25) is 0 Å². The lowest BCUT2D eigenvalue weighted by Gasteiger charge is -2.21. The molecule has 0 aliphatic heterocycles. The maximum Gasteiger partial charge on any atom is 0.253 e. The van der Waals surface area contributed by atoms with Crippen molar-refractivity contribution in [1.29, 1.82) is 0 Å². The highest BCUT2D eigenvalue weighted by atomic mass is 16.5. The number of hydrogen-bond acceptors (Lipinski definition) is 4. The Bertz CT molecular complexity index is 1190. The van der Waals surface area contributed by atoms with Gasteiger partial charge in [-0.1, -0.05) is 12.1 Å². The number of benzene rings is 2. The number of aromatic nitrogens is 1. The summed E-state index contributed by atoms with van der Waals surface area (Å²) in [7, 11) is 3.26. The SMILES string of the molecule is COc1cc(Cc2ccc(C(=O)NCc3c4c(c(C)[nH]c3=O)CCCC4)cc2)cc(OC)c1. The van der Waals surface area contributed by atoms with Gasteiger partial charge >= 0.3 is 0 Å². The quantitative estimate of drug-likeness (QED) is 0.573. The number of carbonyl (C=O) groups excluding carboxylic acids is 1. The predicted molar refractivity (Wildman–Crippen MR) is 128 cm³/mol. The highest BCUT2D eigenvalue weighted by Gasteiger charge is 2.19. The average Bonchev–Trinajstić information content (AvgIpc) is 2.84. The van der Waals surface area contributed by atoms with Gasteiger partial charge in [-0.2, -0.15) is 0 Å². The summed E-state index contributed by atoms with van der Waals surface area (Å²) in [4.78, 5) is 28.2. The van der Waals surface area contributed by atoms with E-state index in [1.54, 1.807) is 14.2 Å². The number of rotatable bonds is 7. The van der Waals surface area contributed by atoms with E-state index in [9.17, 15) is 9.59 Å². The molecule has 0 radical (unpaired) electrons. The van der Waals surface area contributed by atoms with E-state index in [4.69, 9.17) is 9.47 Å². The first-order valence-corrected chi connectivity index (χ1v) is 11.3. The van der Waals surface area contributed by atoms with Crippen molar-refractivity contribution in [3.05, 3.63) is 91.9 Å². The molecule has 0 bridgehead atoms. The summed E-state index contributed by atoms with van der Waals surface area (Å²) in [5.41, 5.74) is 6.60. The molecule has 1 amide bonds. The summed E-state index contributed by atoms with van der Waals surface area (Å²) < 4.78 is 10.7. The maximum atomic E-state index is 12.7. The first kappa shape index (κ1) is 22.6. The van der Waals surface area contributed by atoms with Gasteiger partial charge in [0, 0.05) is 29.4 Å². The van der Waals surface area contributed by atoms with E-state index in [0.717, 1.165) is 59.6 Å². The van der Waals surface area contributed by atoms with E-state index >= 15 is 0 Å². The van der Waals surface area contributed by atoms with Crippen LogP contribution in [-0.4, -0.2) is 25.1 Å². The van der Waals surface area contributed by atoms with E-state index in [-0.39, 0.29) is 18.0 Å². The van der Waals surface area contributed by atoms with Crippen LogP contribution in [0.1, 0.15) is 56.7 Å². The fourth-order valence-corrected chi connectivity index (χ4v) is 4.55. The molecule has 6 nitrogen and oxygen atoms in total. The third-order valence-corrected chi connectivity index (χ3v) is 6.32. The molecule has 1 aliphatic carbocycles. The summed E-state index contributed by atoms with van der Waals surface area (Å²) in [6.45, 7) is 2.19. The van der Waals surface area contributed by atoms with Gasteiger partial charge in [-0.05, 0) is 85.5 Å². The Hall–Kier alpha value is -3.54. The van der Waals surface area contributed by atoms with Crippen LogP contribution in [0.5, 0.6) is 11.5 Å². The van der Waals surface area contributed by atoms with Gasteiger partial charge in [-0.15, -0.1) is 0 Å². The molecule has 0 spiro atoms. The predicted octanol–water partition coefficient (Wildman–Crippen LogP) is 4.10. The highest BCUT2D eigenvalue weighted by Crippen LogP contribution is 2.25. The van der Waals surface area contributed by atoms with Crippen LogP contribution in [0.4, 0.5) is 0 Å². The molecule has 0 unspecified atom stereocenters. The number of methoxy groups -OCH3 is 2. The van der Waals surface area contributed by atoms with E-state index in [0.29, 0.717) is 17.5 Å². The summed E-state index contributed by atoms with van der Waals surface area (Å²) in [5, 5.41) is 2.93. The van der Waals surface area contributed by atoms with Crippen molar-refractivity contribution in [2.45, 2.75) is 45.6 Å². The Morgan fingerprint density at radius 3 is 2.21 bits per heavy atom. The summed E-state index contributed by atoms with van der Waals surface area (Å²) in [6.07, 6.45) is 4.80. The molecule has 0 fully saturated rings. The minimum absolute atomic E-state index is 0.0995. The zero-order valence-electron chi connectivity index (χ0n) is 19.4. The van der Waals surface area contributed by atoms with Crippen LogP contribution in [-0.2, 0) is 25.8 Å². The number of fused-ring (bicyclic) bond motifs is 1. The lowest BCUT2D eigenvalue weighted by Crippen LogP contribution is -2.30. The molecule has 0 saturated carbocycles. The van der Waals surface area contributed by atoms with Crippen LogP contribution in [0.25, 0.3) is 0 Å². The van der Waals surface area contributed by atoms with Crippen molar-refractivity contribution >= 4 is 5.91 Å². The standard InChI is InChI=1S/C27H30N2O4/c1-17-23-6-4-5-7-24(23)25(27(31)29-17)16-28-26(30)20-10-8-18(9-11-20)12-19-13-21(32-2)15-22(14-19)33-3/h8-11,13-15H,4-7,12,16H2,1-3H3,(H,28,30)(H,29,31). The topological polar surface area (TPSA) is 80.4 Å². The maximum absolute atomic E-state index is 12.7. The molecule has 4 rings (SSSR count). The largest absolute Gasteiger partial charge is 0.497 e. The number of nitrogens with one attached hydrogen (secondary N) is 2. The molecular formula is C27H30N2O4. The van der Waals surface area contributed by atoms with Crippen LogP contribution in [0.2, 0.25) is 0 Å². The molecule has 33 heavy (non-hydrogen) atoms. The summed E-state index contributed by atoms with van der Waals surface area (Å²) >= 11 is 0. The molecule has 0 atom stereocenters. The van der Waals surface area contributed by atoms with Crippen molar-refractivity contribution in [3.63, 3.8) is 0 Å². The second kappa shape index (κ2) is 9.94. The number of amides is 1. The molecule has 3 aromatic rings. The minimum atomic E-state index is -0.186. The molecular weight excluding hydrogens is 416 g/mol. The van der Waals surface area contributed by atoms with Crippen LogP contribution < -0.4 is 20.3 Å². The third kappa shape index (κ3) is 5.11. The van der Waals surface area contributed by atoms with E-state index < -0.39 is 0 Å². The van der Waals surface area contributed by atoms with Crippen LogP contribution in [0.3, 0.4) is 0 Å². The van der Waals surface area contributed by atoms with Gasteiger partial charge in [0.1, 0.15) is 11.5 Å². The Labute approximate surface area is 194 Å². The van der Waals surface area contributed by atoms with Gasteiger partial charge in [-0.25, -0.2) is 0 Å². The lowest BCUT2D eigenvalue weighted by molar-refractivity contribution is 0.0950. The number of pyridine rings is 1.